The molecule has 0 bridgehead atoms. The van der Waals surface area contributed by atoms with E-state index in [1.54, 1.807) is 6.07 Å². The summed E-state index contributed by atoms with van der Waals surface area (Å²) in [7, 11) is 0. The molecule has 0 saturated carbocycles. The second kappa shape index (κ2) is 4.98. The average Bonchev–Trinajstić information content (AvgIpc) is 1.96. The van der Waals surface area contributed by atoms with Crippen molar-refractivity contribution in [3.63, 3.8) is 0 Å². The molecule has 0 atom stereocenters. The number of benzene rings is 1. The summed E-state index contributed by atoms with van der Waals surface area (Å²) in [6.07, 6.45) is 0. The zero-order chi connectivity index (χ0) is 9.30. The summed E-state index contributed by atoms with van der Waals surface area (Å²) < 4.78 is 1.35. The Morgan fingerprint density at radius 2 is 1.92 bits per heavy atom. The van der Waals surface area contributed by atoms with Crippen LogP contribution in [-0.4, -0.2) is 11.1 Å². The minimum atomic E-state index is -0.925. The number of aryl methyl sites for hydroxylation is 1. The molecular weight excluding hydrogens is 323 g/mol. The van der Waals surface area contributed by atoms with Crippen molar-refractivity contribution in [3.8, 4) is 0 Å². The summed E-state index contributed by atoms with van der Waals surface area (Å²) in [6, 6.07) is 3.48. The first-order chi connectivity index (χ1) is 5.52. The van der Waals surface area contributed by atoms with E-state index in [0.29, 0.717) is 4.47 Å². The third-order valence-electron chi connectivity index (χ3n) is 1.40. The van der Waals surface area contributed by atoms with Crippen molar-refractivity contribution in [2.24, 2.45) is 0 Å². The van der Waals surface area contributed by atoms with Gasteiger partial charge in [0, 0.05) is 8.95 Å². The SMILES string of the molecule is Cc1cc(Br)c(Br)c(C(=O)O)c1.Cl. The molecule has 5 heteroatoms. The molecule has 0 heterocycles. The number of carboxylic acid groups (broad SMARTS) is 1. The molecule has 0 aliphatic rings. The topological polar surface area (TPSA) is 37.3 Å². The number of carbonyl (C=O) groups is 1. The molecular formula is C8H7Br2ClO2. The van der Waals surface area contributed by atoms with Gasteiger partial charge in [0.2, 0.25) is 0 Å². The molecule has 0 aromatic heterocycles. The van der Waals surface area contributed by atoms with E-state index in [0.717, 1.165) is 10.0 Å². The molecule has 0 unspecified atom stereocenters. The van der Waals surface area contributed by atoms with Crippen molar-refractivity contribution in [2.45, 2.75) is 6.92 Å². The summed E-state index contributed by atoms with van der Waals surface area (Å²) in [5.74, 6) is -0.925. The van der Waals surface area contributed by atoms with Crippen LogP contribution in [0.15, 0.2) is 21.1 Å². The molecule has 1 aromatic carbocycles. The van der Waals surface area contributed by atoms with Gasteiger partial charge in [-0.15, -0.1) is 12.4 Å². The van der Waals surface area contributed by atoms with Crippen molar-refractivity contribution in [2.75, 3.05) is 0 Å². The lowest BCUT2D eigenvalue weighted by atomic mass is 10.1. The predicted octanol–water partition coefficient (Wildman–Crippen LogP) is 3.64. The minimum absolute atomic E-state index is 0. The van der Waals surface area contributed by atoms with Crippen LogP contribution in [0.1, 0.15) is 15.9 Å². The molecule has 0 aliphatic heterocycles. The lowest BCUT2D eigenvalue weighted by Gasteiger charge is -2.02. The molecule has 0 radical (unpaired) electrons. The highest BCUT2D eigenvalue weighted by atomic mass is 79.9. The van der Waals surface area contributed by atoms with E-state index in [9.17, 15) is 4.79 Å². The average molecular weight is 330 g/mol. The number of rotatable bonds is 1. The maximum atomic E-state index is 10.7. The van der Waals surface area contributed by atoms with E-state index in [-0.39, 0.29) is 18.0 Å². The fourth-order valence-corrected chi connectivity index (χ4v) is 1.85. The van der Waals surface area contributed by atoms with Crippen LogP contribution < -0.4 is 0 Å². The van der Waals surface area contributed by atoms with Crippen LogP contribution >= 0.6 is 44.3 Å². The van der Waals surface area contributed by atoms with Crippen LogP contribution in [0.5, 0.6) is 0 Å². The van der Waals surface area contributed by atoms with Crippen LogP contribution in [0.2, 0.25) is 0 Å². The minimum Gasteiger partial charge on any atom is -0.478 e. The number of aromatic carboxylic acids is 1. The van der Waals surface area contributed by atoms with E-state index in [4.69, 9.17) is 5.11 Å². The van der Waals surface area contributed by atoms with Gasteiger partial charge in [-0.3, -0.25) is 0 Å². The van der Waals surface area contributed by atoms with Gasteiger partial charge in [-0.25, -0.2) is 4.79 Å². The Labute approximate surface area is 99.0 Å². The van der Waals surface area contributed by atoms with Gasteiger partial charge in [0.05, 0.1) is 5.56 Å². The van der Waals surface area contributed by atoms with Crippen LogP contribution in [0.4, 0.5) is 0 Å². The fraction of sp³-hybridized carbons (Fsp3) is 0.125. The Bertz CT molecular complexity index is 339. The van der Waals surface area contributed by atoms with E-state index in [2.05, 4.69) is 31.9 Å². The fourth-order valence-electron chi connectivity index (χ4n) is 0.880. The zero-order valence-corrected chi connectivity index (χ0v) is 10.7. The molecule has 1 aromatic rings. The van der Waals surface area contributed by atoms with Crippen LogP contribution in [0.3, 0.4) is 0 Å². The normalized spacial score (nSPS) is 9.15. The van der Waals surface area contributed by atoms with Gasteiger partial charge < -0.3 is 5.11 Å². The highest BCUT2D eigenvalue weighted by Crippen LogP contribution is 2.28. The quantitative estimate of drug-likeness (QED) is 0.853. The molecule has 0 fully saturated rings. The molecule has 72 valence electrons. The summed E-state index contributed by atoms with van der Waals surface area (Å²) in [4.78, 5) is 10.7. The first-order valence-electron chi connectivity index (χ1n) is 3.21. The summed E-state index contributed by atoms with van der Waals surface area (Å²) in [5.41, 5.74) is 1.20. The standard InChI is InChI=1S/C8H6Br2O2.ClH/c1-4-2-5(8(11)12)7(10)6(9)3-4;/h2-3H,1H3,(H,11,12);1H. The molecule has 0 saturated heterocycles. The smallest absolute Gasteiger partial charge is 0.336 e. The second-order valence-electron chi connectivity index (χ2n) is 2.41. The van der Waals surface area contributed by atoms with E-state index >= 15 is 0 Å². The van der Waals surface area contributed by atoms with E-state index in [1.807, 2.05) is 13.0 Å². The van der Waals surface area contributed by atoms with Crippen molar-refractivity contribution in [1.29, 1.82) is 0 Å². The third kappa shape index (κ3) is 2.97. The Morgan fingerprint density at radius 3 is 2.38 bits per heavy atom. The zero-order valence-electron chi connectivity index (χ0n) is 6.67. The largest absolute Gasteiger partial charge is 0.478 e. The molecule has 0 spiro atoms. The Kier molecular flexibility index (Phi) is 4.96. The molecule has 0 aliphatic carbocycles. The molecule has 0 amide bonds. The van der Waals surface area contributed by atoms with Gasteiger partial charge in [-0.2, -0.15) is 0 Å². The maximum absolute atomic E-state index is 10.7. The Balaban J connectivity index is 0.00000144. The lowest BCUT2D eigenvalue weighted by Crippen LogP contribution is -1.98. The van der Waals surface area contributed by atoms with Crippen LogP contribution in [0.25, 0.3) is 0 Å². The summed E-state index contributed by atoms with van der Waals surface area (Å²) in [6.45, 7) is 1.85. The van der Waals surface area contributed by atoms with Gasteiger partial charge in [-0.1, -0.05) is 0 Å². The van der Waals surface area contributed by atoms with Gasteiger partial charge >= 0.3 is 5.97 Å². The van der Waals surface area contributed by atoms with Gasteiger partial charge in [0.15, 0.2) is 0 Å². The molecule has 1 rings (SSSR count). The Hall–Kier alpha value is -0.0600. The summed E-state index contributed by atoms with van der Waals surface area (Å²) >= 11 is 6.44. The number of carboxylic acids is 1. The molecule has 1 N–H and O–H groups in total. The third-order valence-corrected chi connectivity index (χ3v) is 3.41. The van der Waals surface area contributed by atoms with Crippen LogP contribution in [-0.2, 0) is 0 Å². The van der Waals surface area contributed by atoms with Gasteiger partial charge in [-0.05, 0) is 56.5 Å². The van der Waals surface area contributed by atoms with Crippen LogP contribution in [0, 0.1) is 6.92 Å². The molecule has 13 heavy (non-hydrogen) atoms. The lowest BCUT2D eigenvalue weighted by molar-refractivity contribution is 0.0695. The van der Waals surface area contributed by atoms with Crippen molar-refractivity contribution < 1.29 is 9.90 Å². The monoisotopic (exact) mass is 328 g/mol. The number of hydrogen-bond acceptors (Lipinski definition) is 1. The summed E-state index contributed by atoms with van der Waals surface area (Å²) in [5, 5.41) is 8.76. The predicted molar refractivity (Wildman–Crippen MR) is 60.8 cm³/mol. The number of halogens is 3. The van der Waals surface area contributed by atoms with Crippen molar-refractivity contribution in [3.05, 3.63) is 32.2 Å². The number of hydrogen-bond donors (Lipinski definition) is 1. The van der Waals surface area contributed by atoms with E-state index < -0.39 is 5.97 Å². The molecule has 2 nitrogen and oxygen atoms in total. The van der Waals surface area contributed by atoms with Crippen molar-refractivity contribution in [1.82, 2.24) is 0 Å². The Morgan fingerprint density at radius 1 is 1.38 bits per heavy atom. The first-order valence-corrected chi connectivity index (χ1v) is 4.80. The highest BCUT2D eigenvalue weighted by Gasteiger charge is 2.10. The van der Waals surface area contributed by atoms with E-state index in [1.165, 1.54) is 0 Å². The highest BCUT2D eigenvalue weighted by molar-refractivity contribution is 9.13. The second-order valence-corrected chi connectivity index (χ2v) is 4.06. The van der Waals surface area contributed by atoms with Gasteiger partial charge in [0.25, 0.3) is 0 Å². The first kappa shape index (κ1) is 12.9. The van der Waals surface area contributed by atoms with Gasteiger partial charge in [0.1, 0.15) is 0 Å². The van der Waals surface area contributed by atoms with Crippen molar-refractivity contribution >= 4 is 50.2 Å². The maximum Gasteiger partial charge on any atom is 0.336 e.